The molecule has 0 aliphatic rings. The maximum atomic E-state index is 11.4. The number of ether oxygens (including phenoxy) is 1. The molecule has 1 aromatic carbocycles. The first kappa shape index (κ1) is 13.0. The Balaban J connectivity index is 2.46. The molecule has 1 rings (SSSR count). The molecule has 3 nitrogen and oxygen atoms in total. The number of carbonyl (C=O) groups excluding carboxylic acids is 1. The first-order chi connectivity index (χ1) is 7.65. The highest BCUT2D eigenvalue weighted by atomic mass is 79.9. The van der Waals surface area contributed by atoms with Gasteiger partial charge in [0.1, 0.15) is 0 Å². The maximum Gasteiger partial charge on any atom is 0.310 e. The average molecular weight is 286 g/mol. The number of rotatable bonds is 5. The number of anilines is 1. The van der Waals surface area contributed by atoms with E-state index >= 15 is 0 Å². The lowest BCUT2D eigenvalue weighted by Crippen LogP contribution is -2.22. The minimum Gasteiger partial charge on any atom is -0.466 e. The van der Waals surface area contributed by atoms with E-state index in [2.05, 4.69) is 21.2 Å². The van der Waals surface area contributed by atoms with E-state index < -0.39 is 0 Å². The predicted molar refractivity (Wildman–Crippen MR) is 68.4 cm³/mol. The van der Waals surface area contributed by atoms with Gasteiger partial charge < -0.3 is 10.1 Å². The SMILES string of the molecule is CCOC(=O)C(C)CNc1ccccc1Br. The zero-order valence-electron chi connectivity index (χ0n) is 9.50. The second-order valence-electron chi connectivity index (χ2n) is 3.51. The highest BCUT2D eigenvalue weighted by Gasteiger charge is 2.13. The summed E-state index contributed by atoms with van der Waals surface area (Å²) in [6, 6.07) is 7.81. The number of carbonyl (C=O) groups is 1. The average Bonchev–Trinajstić information content (AvgIpc) is 2.28. The molecule has 1 aromatic rings. The van der Waals surface area contributed by atoms with Gasteiger partial charge in [0.2, 0.25) is 0 Å². The van der Waals surface area contributed by atoms with Gasteiger partial charge in [0.05, 0.1) is 12.5 Å². The van der Waals surface area contributed by atoms with Crippen molar-refractivity contribution in [1.82, 2.24) is 0 Å². The molecular weight excluding hydrogens is 270 g/mol. The van der Waals surface area contributed by atoms with E-state index in [1.165, 1.54) is 0 Å². The van der Waals surface area contributed by atoms with Crippen molar-refractivity contribution in [3.8, 4) is 0 Å². The minimum absolute atomic E-state index is 0.146. The fourth-order valence-electron chi connectivity index (χ4n) is 1.24. The lowest BCUT2D eigenvalue weighted by Gasteiger charge is -2.13. The molecule has 0 amide bonds. The van der Waals surface area contributed by atoms with Crippen LogP contribution in [0.2, 0.25) is 0 Å². The summed E-state index contributed by atoms with van der Waals surface area (Å²) in [4.78, 5) is 11.4. The van der Waals surface area contributed by atoms with Gasteiger partial charge in [0.25, 0.3) is 0 Å². The van der Waals surface area contributed by atoms with Gasteiger partial charge in [-0.05, 0) is 35.0 Å². The molecule has 4 heteroatoms. The summed E-state index contributed by atoms with van der Waals surface area (Å²) >= 11 is 3.44. The third kappa shape index (κ3) is 3.85. The number of nitrogens with one attached hydrogen (secondary N) is 1. The van der Waals surface area contributed by atoms with Gasteiger partial charge in [-0.2, -0.15) is 0 Å². The monoisotopic (exact) mass is 285 g/mol. The number of para-hydroxylation sites is 1. The zero-order valence-corrected chi connectivity index (χ0v) is 11.1. The van der Waals surface area contributed by atoms with Crippen LogP contribution in [0.1, 0.15) is 13.8 Å². The van der Waals surface area contributed by atoms with Crippen LogP contribution in [-0.4, -0.2) is 19.1 Å². The Bertz CT molecular complexity index is 355. The molecule has 16 heavy (non-hydrogen) atoms. The van der Waals surface area contributed by atoms with Crippen LogP contribution in [0.15, 0.2) is 28.7 Å². The fraction of sp³-hybridized carbons (Fsp3) is 0.417. The zero-order chi connectivity index (χ0) is 12.0. The van der Waals surface area contributed by atoms with E-state index in [0.29, 0.717) is 13.2 Å². The van der Waals surface area contributed by atoms with Gasteiger partial charge in [-0.15, -0.1) is 0 Å². The summed E-state index contributed by atoms with van der Waals surface area (Å²) in [6.45, 7) is 4.66. The van der Waals surface area contributed by atoms with Crippen molar-refractivity contribution in [3.63, 3.8) is 0 Å². The molecule has 0 heterocycles. The van der Waals surface area contributed by atoms with Gasteiger partial charge >= 0.3 is 5.97 Å². The van der Waals surface area contributed by atoms with Gasteiger partial charge in [-0.1, -0.05) is 19.1 Å². The van der Waals surface area contributed by atoms with Crippen LogP contribution in [-0.2, 0) is 9.53 Å². The third-order valence-electron chi connectivity index (χ3n) is 2.16. The summed E-state index contributed by atoms with van der Waals surface area (Å²) in [5.74, 6) is -0.311. The summed E-state index contributed by atoms with van der Waals surface area (Å²) in [7, 11) is 0. The van der Waals surface area contributed by atoms with Crippen LogP contribution in [0.5, 0.6) is 0 Å². The highest BCUT2D eigenvalue weighted by Crippen LogP contribution is 2.21. The highest BCUT2D eigenvalue weighted by molar-refractivity contribution is 9.10. The van der Waals surface area contributed by atoms with Crippen LogP contribution in [0.25, 0.3) is 0 Å². The van der Waals surface area contributed by atoms with Crippen molar-refractivity contribution in [2.75, 3.05) is 18.5 Å². The largest absolute Gasteiger partial charge is 0.466 e. The molecule has 0 spiro atoms. The molecule has 1 unspecified atom stereocenters. The fourth-order valence-corrected chi connectivity index (χ4v) is 1.66. The Morgan fingerprint density at radius 3 is 2.81 bits per heavy atom. The molecule has 1 N–H and O–H groups in total. The standard InChI is InChI=1S/C12H16BrNO2/c1-3-16-12(15)9(2)8-14-11-7-5-4-6-10(11)13/h4-7,9,14H,3,8H2,1-2H3. The van der Waals surface area contributed by atoms with Crippen molar-refractivity contribution < 1.29 is 9.53 Å². The lowest BCUT2D eigenvalue weighted by atomic mass is 10.2. The van der Waals surface area contributed by atoms with E-state index in [1.54, 1.807) is 0 Å². The number of halogens is 1. The van der Waals surface area contributed by atoms with E-state index in [1.807, 2.05) is 38.1 Å². The van der Waals surface area contributed by atoms with Crippen molar-refractivity contribution in [3.05, 3.63) is 28.7 Å². The molecule has 1 atom stereocenters. The second-order valence-corrected chi connectivity index (χ2v) is 4.37. The van der Waals surface area contributed by atoms with Crippen LogP contribution in [0, 0.1) is 5.92 Å². The summed E-state index contributed by atoms with van der Waals surface area (Å²) in [5.41, 5.74) is 0.985. The summed E-state index contributed by atoms with van der Waals surface area (Å²) < 4.78 is 5.92. The predicted octanol–water partition coefficient (Wildman–Crippen LogP) is 3.06. The van der Waals surface area contributed by atoms with E-state index in [9.17, 15) is 4.79 Å². The van der Waals surface area contributed by atoms with Crippen molar-refractivity contribution >= 4 is 27.6 Å². The van der Waals surface area contributed by atoms with Crippen LogP contribution in [0.4, 0.5) is 5.69 Å². The lowest BCUT2D eigenvalue weighted by molar-refractivity contribution is -0.146. The molecule has 0 aromatic heterocycles. The number of hydrogen-bond acceptors (Lipinski definition) is 3. The van der Waals surface area contributed by atoms with Gasteiger partial charge in [-0.3, -0.25) is 4.79 Å². The molecule has 0 aliphatic heterocycles. The van der Waals surface area contributed by atoms with Gasteiger partial charge in [-0.25, -0.2) is 0 Å². The second kappa shape index (κ2) is 6.53. The maximum absolute atomic E-state index is 11.4. The molecule has 0 saturated heterocycles. The van der Waals surface area contributed by atoms with E-state index in [-0.39, 0.29) is 11.9 Å². The molecule has 0 fully saturated rings. The molecule has 88 valence electrons. The minimum atomic E-state index is -0.165. The Labute approximate surface area is 104 Å². The normalized spacial score (nSPS) is 11.9. The molecule has 0 radical (unpaired) electrons. The molecular formula is C12H16BrNO2. The van der Waals surface area contributed by atoms with Gasteiger partial charge in [0, 0.05) is 16.7 Å². The Hall–Kier alpha value is -1.03. The smallest absolute Gasteiger partial charge is 0.310 e. The Morgan fingerprint density at radius 1 is 1.50 bits per heavy atom. The van der Waals surface area contributed by atoms with Crippen molar-refractivity contribution in [2.24, 2.45) is 5.92 Å². The molecule has 0 saturated carbocycles. The summed E-state index contributed by atoms with van der Waals surface area (Å²) in [5, 5.41) is 3.20. The quantitative estimate of drug-likeness (QED) is 0.845. The number of benzene rings is 1. The van der Waals surface area contributed by atoms with E-state index in [0.717, 1.165) is 10.2 Å². The first-order valence-electron chi connectivity index (χ1n) is 5.30. The molecule has 0 aliphatic carbocycles. The van der Waals surface area contributed by atoms with Gasteiger partial charge in [0.15, 0.2) is 0 Å². The van der Waals surface area contributed by atoms with Crippen molar-refractivity contribution in [1.29, 1.82) is 0 Å². The Kier molecular flexibility index (Phi) is 5.32. The van der Waals surface area contributed by atoms with Crippen molar-refractivity contribution in [2.45, 2.75) is 13.8 Å². The van der Waals surface area contributed by atoms with Crippen LogP contribution in [0.3, 0.4) is 0 Å². The number of hydrogen-bond donors (Lipinski definition) is 1. The third-order valence-corrected chi connectivity index (χ3v) is 2.85. The van der Waals surface area contributed by atoms with Crippen LogP contribution >= 0.6 is 15.9 Å². The number of esters is 1. The topological polar surface area (TPSA) is 38.3 Å². The van der Waals surface area contributed by atoms with Crippen LogP contribution < -0.4 is 5.32 Å². The molecule has 0 bridgehead atoms. The Morgan fingerprint density at radius 2 is 2.19 bits per heavy atom. The summed E-state index contributed by atoms with van der Waals surface area (Å²) in [6.07, 6.45) is 0. The van der Waals surface area contributed by atoms with E-state index in [4.69, 9.17) is 4.74 Å². The first-order valence-corrected chi connectivity index (χ1v) is 6.09.